The lowest BCUT2D eigenvalue weighted by Crippen LogP contribution is -2.20. The molecule has 0 unspecified atom stereocenters. The Morgan fingerprint density at radius 1 is 1.14 bits per heavy atom. The van der Waals surface area contributed by atoms with Gasteiger partial charge < -0.3 is 16.4 Å². The van der Waals surface area contributed by atoms with Crippen molar-refractivity contribution in [2.75, 3.05) is 24.6 Å². The van der Waals surface area contributed by atoms with E-state index in [2.05, 4.69) is 60.1 Å². The molecule has 6 nitrogen and oxygen atoms in total. The monoisotopic (exact) mass is 399 g/mol. The van der Waals surface area contributed by atoms with Crippen LogP contribution < -0.4 is 16.4 Å². The molecule has 0 aliphatic carbocycles. The van der Waals surface area contributed by atoms with E-state index >= 15 is 0 Å². The third-order valence-electron chi connectivity index (χ3n) is 4.45. The minimum atomic E-state index is 0.289. The summed E-state index contributed by atoms with van der Waals surface area (Å²) in [5.74, 6) is 1.14. The largest absolute Gasteiger partial charge is 0.389 e. The lowest BCUT2D eigenvalue weighted by Gasteiger charge is -2.12. The zero-order valence-corrected chi connectivity index (χ0v) is 17.7. The highest BCUT2D eigenvalue weighted by molar-refractivity contribution is 7.99. The molecule has 0 spiro atoms. The third kappa shape index (κ3) is 6.56. The highest BCUT2D eigenvalue weighted by atomic mass is 32.2. The molecule has 7 heteroatoms. The lowest BCUT2D eigenvalue weighted by molar-refractivity contribution is -0.109. The summed E-state index contributed by atoms with van der Waals surface area (Å²) in [7, 11) is 0. The van der Waals surface area contributed by atoms with Gasteiger partial charge in [-0.15, -0.1) is 11.8 Å². The van der Waals surface area contributed by atoms with Crippen molar-refractivity contribution >= 4 is 24.1 Å². The van der Waals surface area contributed by atoms with Crippen LogP contribution in [0.25, 0.3) is 11.3 Å². The van der Waals surface area contributed by atoms with Crippen LogP contribution in [0, 0.1) is 20.8 Å². The number of allylic oxidation sites excluding steroid dienone is 1. The van der Waals surface area contributed by atoms with Crippen LogP contribution in [-0.4, -0.2) is 35.2 Å². The number of carbonyl (C=O) groups is 1. The van der Waals surface area contributed by atoms with Crippen LogP contribution in [0.4, 0.5) is 5.95 Å². The van der Waals surface area contributed by atoms with Crippen LogP contribution in [0.2, 0.25) is 0 Å². The zero-order valence-electron chi connectivity index (χ0n) is 16.8. The number of hydrogen-bond donors (Lipinski definition) is 3. The predicted octanol–water partition coefficient (Wildman–Crippen LogP) is 3.37. The van der Waals surface area contributed by atoms with Gasteiger partial charge in [0.25, 0.3) is 0 Å². The molecule has 1 amide bonds. The average Bonchev–Trinajstić information content (AvgIpc) is 2.64. The van der Waals surface area contributed by atoms with Crippen LogP contribution in [-0.2, 0) is 4.79 Å². The number of thioether (sulfide) groups is 1. The normalized spacial score (nSPS) is 10.5. The number of amides is 1. The van der Waals surface area contributed by atoms with E-state index in [-0.39, 0.29) is 5.95 Å². The van der Waals surface area contributed by atoms with Crippen molar-refractivity contribution in [1.29, 1.82) is 0 Å². The molecule has 0 radical (unpaired) electrons. The summed E-state index contributed by atoms with van der Waals surface area (Å²) >= 11 is 1.64. The molecular weight excluding hydrogens is 370 g/mol. The van der Waals surface area contributed by atoms with Crippen molar-refractivity contribution in [2.45, 2.75) is 38.6 Å². The van der Waals surface area contributed by atoms with E-state index in [1.807, 2.05) is 6.07 Å². The van der Waals surface area contributed by atoms with E-state index in [9.17, 15) is 4.79 Å². The quantitative estimate of drug-likeness (QED) is 0.232. The summed E-state index contributed by atoms with van der Waals surface area (Å²) in [6, 6.07) is 6.33. The van der Waals surface area contributed by atoms with Crippen molar-refractivity contribution in [3.63, 3.8) is 0 Å². The molecule has 0 fully saturated rings. The molecule has 1 aromatic heterocycles. The molecule has 2 aromatic rings. The van der Waals surface area contributed by atoms with E-state index in [1.165, 1.54) is 16.7 Å². The second-order valence-electron chi connectivity index (χ2n) is 6.76. The number of anilines is 1. The van der Waals surface area contributed by atoms with Crippen molar-refractivity contribution < 1.29 is 4.79 Å². The van der Waals surface area contributed by atoms with Gasteiger partial charge in [0.05, 0.1) is 5.69 Å². The fraction of sp³-hybridized carbons (Fsp3) is 0.381. The highest BCUT2D eigenvalue weighted by Gasteiger charge is 2.10. The number of aryl methyl sites for hydroxylation is 3. The fourth-order valence-electron chi connectivity index (χ4n) is 2.77. The molecule has 2 rings (SSSR count). The smallest absolute Gasteiger partial charge is 0.221 e. The summed E-state index contributed by atoms with van der Waals surface area (Å²) in [5.41, 5.74) is 12.6. The second kappa shape index (κ2) is 10.7. The van der Waals surface area contributed by atoms with Gasteiger partial charge in [0.1, 0.15) is 5.03 Å². The summed E-state index contributed by atoms with van der Waals surface area (Å²) in [6.07, 6.45) is 2.41. The fourth-order valence-corrected chi connectivity index (χ4v) is 3.68. The number of hydrogen-bond acceptors (Lipinski definition) is 6. The number of nitrogens with two attached hydrogens (primary N) is 1. The van der Waals surface area contributed by atoms with Crippen LogP contribution in [0.1, 0.15) is 29.5 Å². The van der Waals surface area contributed by atoms with Crippen LogP contribution >= 0.6 is 11.8 Å². The third-order valence-corrected chi connectivity index (χ3v) is 5.36. The summed E-state index contributed by atoms with van der Waals surface area (Å²) < 4.78 is 0. The van der Waals surface area contributed by atoms with Crippen molar-refractivity contribution in [1.82, 2.24) is 20.6 Å². The Balaban J connectivity index is 1.94. The minimum absolute atomic E-state index is 0.289. The highest BCUT2D eigenvalue weighted by Crippen LogP contribution is 2.28. The molecule has 0 saturated heterocycles. The van der Waals surface area contributed by atoms with E-state index in [0.717, 1.165) is 47.1 Å². The second-order valence-corrected chi connectivity index (χ2v) is 7.87. The maximum Gasteiger partial charge on any atom is 0.221 e. The molecular formula is C21H29N5OS. The van der Waals surface area contributed by atoms with Gasteiger partial charge in [-0.1, -0.05) is 12.6 Å². The van der Waals surface area contributed by atoms with E-state index in [0.29, 0.717) is 13.0 Å². The molecule has 150 valence electrons. The minimum Gasteiger partial charge on any atom is -0.389 e. The predicted molar refractivity (Wildman–Crippen MR) is 117 cm³/mol. The molecule has 1 heterocycles. The van der Waals surface area contributed by atoms with E-state index < -0.39 is 0 Å². The van der Waals surface area contributed by atoms with Crippen LogP contribution in [0.5, 0.6) is 0 Å². The number of rotatable bonds is 11. The lowest BCUT2D eigenvalue weighted by atomic mass is 9.99. The first-order valence-corrected chi connectivity index (χ1v) is 10.3. The number of benzene rings is 1. The molecule has 0 atom stereocenters. The SMILES string of the molecule is C=C(CCSc1cc(-c2cc(C)c(C)cc2C)nc(N)n1)NCCCNC=O. The van der Waals surface area contributed by atoms with Gasteiger partial charge in [-0.05, 0) is 62.4 Å². The first-order valence-electron chi connectivity index (χ1n) is 9.35. The number of nitrogens with zero attached hydrogens (tertiary/aromatic N) is 2. The van der Waals surface area contributed by atoms with Gasteiger partial charge in [0.2, 0.25) is 12.4 Å². The summed E-state index contributed by atoms with van der Waals surface area (Å²) in [5, 5.41) is 6.78. The summed E-state index contributed by atoms with van der Waals surface area (Å²) in [4.78, 5) is 19.0. The van der Waals surface area contributed by atoms with Gasteiger partial charge in [-0.2, -0.15) is 0 Å². The Labute approximate surface area is 171 Å². The maximum absolute atomic E-state index is 10.2. The molecule has 28 heavy (non-hydrogen) atoms. The van der Waals surface area contributed by atoms with Crippen LogP contribution in [0.15, 0.2) is 35.5 Å². The molecule has 0 aliphatic heterocycles. The molecule has 4 N–H and O–H groups in total. The Morgan fingerprint density at radius 2 is 1.89 bits per heavy atom. The molecule has 0 saturated carbocycles. The van der Waals surface area contributed by atoms with Crippen molar-refractivity contribution in [2.24, 2.45) is 0 Å². The number of nitrogens with one attached hydrogen (secondary N) is 2. The average molecular weight is 400 g/mol. The first-order chi connectivity index (χ1) is 13.4. The molecule has 1 aromatic carbocycles. The van der Waals surface area contributed by atoms with E-state index in [1.54, 1.807) is 11.8 Å². The van der Waals surface area contributed by atoms with Gasteiger partial charge in [0, 0.05) is 30.1 Å². The van der Waals surface area contributed by atoms with Gasteiger partial charge >= 0.3 is 0 Å². The molecule has 0 bridgehead atoms. The van der Waals surface area contributed by atoms with Gasteiger partial charge in [0.15, 0.2) is 0 Å². The maximum atomic E-state index is 10.2. The number of carbonyl (C=O) groups excluding carboxylic acids is 1. The topological polar surface area (TPSA) is 92.9 Å². The van der Waals surface area contributed by atoms with Gasteiger partial charge in [-0.3, -0.25) is 4.79 Å². The molecule has 0 aliphatic rings. The number of aromatic nitrogens is 2. The Hall–Kier alpha value is -2.54. The van der Waals surface area contributed by atoms with Crippen molar-refractivity contribution in [3.05, 3.63) is 47.2 Å². The summed E-state index contributed by atoms with van der Waals surface area (Å²) in [6.45, 7) is 11.8. The van der Waals surface area contributed by atoms with Gasteiger partial charge in [-0.25, -0.2) is 9.97 Å². The van der Waals surface area contributed by atoms with Crippen LogP contribution in [0.3, 0.4) is 0 Å². The standard InChI is InChI=1S/C21H29N5OS/c1-14-10-16(3)18(11-15(14)2)19-12-20(26-21(22)25-19)28-9-6-17(4)24-8-5-7-23-13-27/h10-13,24H,4-9H2,1-3H3,(H,23,27)(H2,22,25,26). The Bertz CT molecular complexity index is 838. The Kier molecular flexibility index (Phi) is 8.32. The number of nitrogen functional groups attached to an aromatic ring is 1. The zero-order chi connectivity index (χ0) is 20.5. The Morgan fingerprint density at radius 3 is 2.64 bits per heavy atom. The first kappa shape index (κ1) is 21.8. The van der Waals surface area contributed by atoms with E-state index in [4.69, 9.17) is 5.73 Å². The van der Waals surface area contributed by atoms with Crippen molar-refractivity contribution in [3.8, 4) is 11.3 Å².